The van der Waals surface area contributed by atoms with Gasteiger partial charge in [-0.1, -0.05) is 6.07 Å². The van der Waals surface area contributed by atoms with Crippen LogP contribution >= 0.6 is 0 Å². The number of fused-ring (bicyclic) bond motifs is 1. The summed E-state index contributed by atoms with van der Waals surface area (Å²) in [6, 6.07) is 7.87. The fourth-order valence-electron chi connectivity index (χ4n) is 2.24. The van der Waals surface area contributed by atoms with Crippen LogP contribution in [0.15, 0.2) is 30.0 Å². The van der Waals surface area contributed by atoms with Crippen molar-refractivity contribution in [1.29, 1.82) is 5.26 Å². The number of benzene rings is 1. The summed E-state index contributed by atoms with van der Waals surface area (Å²) < 4.78 is 0. The van der Waals surface area contributed by atoms with Crippen molar-refractivity contribution in [1.82, 2.24) is 4.90 Å². The molecule has 0 fully saturated rings. The Labute approximate surface area is 113 Å². The third kappa shape index (κ3) is 3.14. The highest BCUT2D eigenvalue weighted by atomic mass is 16.1. The van der Waals surface area contributed by atoms with Gasteiger partial charge in [-0.05, 0) is 42.5 Å². The molecule has 0 aliphatic heterocycles. The molecule has 0 heterocycles. The summed E-state index contributed by atoms with van der Waals surface area (Å²) in [6.45, 7) is 0. The molecule has 0 saturated heterocycles. The smallest absolute Gasteiger partial charge is 0.267 e. The van der Waals surface area contributed by atoms with Crippen molar-refractivity contribution in [3.8, 4) is 6.07 Å². The topological polar surface area (TPSA) is 56.1 Å². The molecule has 1 aromatic rings. The fourth-order valence-corrected chi connectivity index (χ4v) is 2.24. The lowest BCUT2D eigenvalue weighted by atomic mass is 10.1. The van der Waals surface area contributed by atoms with Crippen molar-refractivity contribution in [2.24, 2.45) is 0 Å². The van der Waals surface area contributed by atoms with E-state index >= 15 is 0 Å². The Bertz CT molecular complexity index is 567. The normalized spacial score (nSPS) is 13.6. The highest BCUT2D eigenvalue weighted by Gasteiger charge is 2.13. The minimum Gasteiger partial charge on any atom is -0.382 e. The van der Waals surface area contributed by atoms with Crippen LogP contribution in [0.2, 0.25) is 0 Å². The number of nitrogens with one attached hydrogen (secondary N) is 1. The van der Waals surface area contributed by atoms with Crippen LogP contribution in [0, 0.1) is 11.3 Å². The molecule has 0 atom stereocenters. The molecular formula is C15H17N3O. The number of carbonyl (C=O) groups is 1. The van der Waals surface area contributed by atoms with Gasteiger partial charge >= 0.3 is 0 Å². The minimum atomic E-state index is -0.367. The van der Waals surface area contributed by atoms with Gasteiger partial charge in [-0.3, -0.25) is 4.79 Å². The molecule has 0 radical (unpaired) electrons. The molecule has 1 aliphatic rings. The zero-order valence-electron chi connectivity index (χ0n) is 11.2. The molecule has 4 heteroatoms. The Balaban J connectivity index is 2.13. The van der Waals surface area contributed by atoms with Crippen LogP contribution in [-0.2, 0) is 17.6 Å². The van der Waals surface area contributed by atoms with E-state index in [1.807, 2.05) is 18.2 Å². The lowest BCUT2D eigenvalue weighted by molar-refractivity contribution is -0.112. The molecule has 1 aliphatic carbocycles. The van der Waals surface area contributed by atoms with Crippen LogP contribution in [-0.4, -0.2) is 24.9 Å². The second-order valence-corrected chi connectivity index (χ2v) is 4.91. The standard InChI is InChI=1S/C15H17N3O/c1-18(2)10-13(9-16)15(19)17-14-7-6-11-4-3-5-12(11)8-14/h6-8,10H,3-5H2,1-2H3,(H,17,19)/b13-10+. The van der Waals surface area contributed by atoms with Crippen molar-refractivity contribution < 1.29 is 4.79 Å². The summed E-state index contributed by atoms with van der Waals surface area (Å²) in [7, 11) is 3.56. The van der Waals surface area contributed by atoms with Gasteiger partial charge in [0.05, 0.1) is 0 Å². The zero-order chi connectivity index (χ0) is 13.8. The molecule has 0 unspecified atom stereocenters. The maximum absolute atomic E-state index is 12.0. The summed E-state index contributed by atoms with van der Waals surface area (Å²) in [5.74, 6) is -0.367. The van der Waals surface area contributed by atoms with Gasteiger partial charge in [-0.2, -0.15) is 5.26 Å². The number of anilines is 1. The van der Waals surface area contributed by atoms with Crippen molar-refractivity contribution in [2.45, 2.75) is 19.3 Å². The first kappa shape index (κ1) is 13.2. The van der Waals surface area contributed by atoms with Gasteiger partial charge in [0, 0.05) is 26.0 Å². The van der Waals surface area contributed by atoms with Crippen molar-refractivity contribution in [2.75, 3.05) is 19.4 Å². The molecule has 0 spiro atoms. The minimum absolute atomic E-state index is 0.102. The van der Waals surface area contributed by atoms with Gasteiger partial charge in [0.25, 0.3) is 5.91 Å². The van der Waals surface area contributed by atoms with Crippen LogP contribution < -0.4 is 5.32 Å². The van der Waals surface area contributed by atoms with Crippen LogP contribution in [0.3, 0.4) is 0 Å². The van der Waals surface area contributed by atoms with Crippen molar-refractivity contribution in [3.63, 3.8) is 0 Å². The number of aryl methyl sites for hydroxylation is 2. The molecule has 2 rings (SSSR count). The monoisotopic (exact) mass is 255 g/mol. The number of nitrogens with zero attached hydrogens (tertiary/aromatic N) is 2. The van der Waals surface area contributed by atoms with Gasteiger partial charge < -0.3 is 10.2 Å². The molecule has 1 aromatic carbocycles. The van der Waals surface area contributed by atoms with Crippen LogP contribution in [0.4, 0.5) is 5.69 Å². The van der Waals surface area contributed by atoms with Gasteiger partial charge in [0.2, 0.25) is 0 Å². The maximum atomic E-state index is 12.0. The Kier molecular flexibility index (Phi) is 3.86. The zero-order valence-corrected chi connectivity index (χ0v) is 11.2. The molecular weight excluding hydrogens is 238 g/mol. The largest absolute Gasteiger partial charge is 0.382 e. The Morgan fingerprint density at radius 3 is 2.79 bits per heavy atom. The SMILES string of the molecule is CN(C)/C=C(\C#N)C(=O)Nc1ccc2c(c1)CCC2. The Morgan fingerprint density at radius 2 is 2.11 bits per heavy atom. The van der Waals surface area contributed by atoms with E-state index < -0.39 is 0 Å². The van der Waals surface area contributed by atoms with Gasteiger partial charge in [0.1, 0.15) is 11.6 Å². The lowest BCUT2D eigenvalue weighted by Crippen LogP contribution is -2.16. The lowest BCUT2D eigenvalue weighted by Gasteiger charge is -2.09. The summed E-state index contributed by atoms with van der Waals surface area (Å²) in [4.78, 5) is 13.6. The van der Waals surface area contributed by atoms with E-state index in [0.29, 0.717) is 0 Å². The van der Waals surface area contributed by atoms with E-state index in [-0.39, 0.29) is 11.5 Å². The highest BCUT2D eigenvalue weighted by Crippen LogP contribution is 2.25. The maximum Gasteiger partial charge on any atom is 0.267 e. The predicted octanol–water partition coefficient (Wildman–Crippen LogP) is 2.08. The van der Waals surface area contributed by atoms with Gasteiger partial charge in [0.15, 0.2) is 0 Å². The first-order valence-electron chi connectivity index (χ1n) is 6.31. The van der Waals surface area contributed by atoms with Crippen LogP contribution in [0.25, 0.3) is 0 Å². The molecule has 1 amide bonds. The van der Waals surface area contributed by atoms with Gasteiger partial charge in [-0.15, -0.1) is 0 Å². The molecule has 19 heavy (non-hydrogen) atoms. The molecule has 4 nitrogen and oxygen atoms in total. The average molecular weight is 255 g/mol. The number of carbonyl (C=O) groups excluding carboxylic acids is 1. The number of rotatable bonds is 3. The number of amides is 1. The number of hydrogen-bond donors (Lipinski definition) is 1. The first-order chi connectivity index (χ1) is 9.10. The first-order valence-corrected chi connectivity index (χ1v) is 6.31. The van der Waals surface area contributed by atoms with E-state index in [9.17, 15) is 4.79 Å². The van der Waals surface area contributed by atoms with E-state index in [0.717, 1.165) is 18.5 Å². The molecule has 0 bridgehead atoms. The summed E-state index contributed by atoms with van der Waals surface area (Å²) >= 11 is 0. The molecule has 0 aromatic heterocycles. The van der Waals surface area contributed by atoms with E-state index in [1.165, 1.54) is 23.7 Å². The Hall–Kier alpha value is -2.28. The quantitative estimate of drug-likeness (QED) is 0.664. The second-order valence-electron chi connectivity index (χ2n) is 4.91. The summed E-state index contributed by atoms with van der Waals surface area (Å²) in [5.41, 5.74) is 3.52. The third-order valence-corrected chi connectivity index (χ3v) is 3.11. The third-order valence-electron chi connectivity index (χ3n) is 3.11. The number of hydrogen-bond acceptors (Lipinski definition) is 3. The Morgan fingerprint density at radius 1 is 1.37 bits per heavy atom. The van der Waals surface area contributed by atoms with E-state index in [1.54, 1.807) is 19.0 Å². The fraction of sp³-hybridized carbons (Fsp3) is 0.333. The van der Waals surface area contributed by atoms with Crippen molar-refractivity contribution in [3.05, 3.63) is 41.1 Å². The average Bonchev–Trinajstić information content (AvgIpc) is 2.82. The summed E-state index contributed by atoms with van der Waals surface area (Å²) in [5, 5.41) is 11.7. The van der Waals surface area contributed by atoms with Gasteiger partial charge in [-0.25, -0.2) is 0 Å². The molecule has 1 N–H and O–H groups in total. The van der Waals surface area contributed by atoms with Crippen molar-refractivity contribution >= 4 is 11.6 Å². The molecule has 98 valence electrons. The number of nitriles is 1. The van der Waals surface area contributed by atoms with Crippen LogP contribution in [0.1, 0.15) is 17.5 Å². The predicted molar refractivity (Wildman–Crippen MR) is 74.5 cm³/mol. The molecule has 0 saturated carbocycles. The van der Waals surface area contributed by atoms with E-state index in [2.05, 4.69) is 11.4 Å². The highest BCUT2D eigenvalue weighted by molar-refractivity contribution is 6.06. The van der Waals surface area contributed by atoms with Crippen LogP contribution in [0.5, 0.6) is 0 Å². The summed E-state index contributed by atoms with van der Waals surface area (Å²) in [6.07, 6.45) is 4.88. The van der Waals surface area contributed by atoms with E-state index in [4.69, 9.17) is 5.26 Å². The second kappa shape index (κ2) is 5.57.